The molecule has 0 radical (unpaired) electrons. The van der Waals surface area contributed by atoms with Crippen molar-refractivity contribution >= 4 is 41.6 Å². The largest absolute Gasteiger partial charge is 0.469 e. The van der Waals surface area contributed by atoms with E-state index in [1.54, 1.807) is 24.3 Å². The summed E-state index contributed by atoms with van der Waals surface area (Å²) in [6.45, 7) is 0.201. The van der Waals surface area contributed by atoms with E-state index in [1.165, 1.54) is 7.11 Å². The Morgan fingerprint density at radius 1 is 1.00 bits per heavy atom. The van der Waals surface area contributed by atoms with Crippen molar-refractivity contribution in [3.63, 3.8) is 0 Å². The monoisotopic (exact) mass is 405 g/mol. The maximum absolute atomic E-state index is 12.1. The molecule has 7 nitrogen and oxygen atoms in total. The van der Waals surface area contributed by atoms with Gasteiger partial charge in [-0.15, -0.1) is 12.4 Å². The van der Waals surface area contributed by atoms with Gasteiger partial charge in [0, 0.05) is 29.9 Å². The average molecular weight is 406 g/mol. The van der Waals surface area contributed by atoms with Crippen molar-refractivity contribution in [1.29, 1.82) is 0 Å². The first kappa shape index (κ1) is 23.0. The SMILES string of the molecule is COC(=O)CCNC(=O)c1ccc(NC(=O)CCc2ccccc2N)cc1.Cl. The average Bonchev–Trinajstić information content (AvgIpc) is 2.67. The molecule has 2 rings (SSSR count). The Morgan fingerprint density at radius 2 is 1.68 bits per heavy atom. The molecule has 0 unspecified atom stereocenters. The van der Waals surface area contributed by atoms with Crippen LogP contribution in [0.15, 0.2) is 48.5 Å². The summed E-state index contributed by atoms with van der Waals surface area (Å²) >= 11 is 0. The second kappa shape index (κ2) is 11.6. The maximum Gasteiger partial charge on any atom is 0.307 e. The molecular formula is C20H24ClN3O4. The lowest BCUT2D eigenvalue weighted by atomic mass is 10.1. The molecule has 150 valence electrons. The van der Waals surface area contributed by atoms with E-state index in [9.17, 15) is 14.4 Å². The standard InChI is InChI=1S/C20H23N3O4.ClH/c1-27-19(25)12-13-22-20(26)15-6-9-16(10-7-15)23-18(24)11-8-14-4-2-3-5-17(14)21;/h2-7,9-10H,8,11-13,21H2,1H3,(H,22,26)(H,23,24);1H. The molecule has 0 aliphatic heterocycles. The second-order valence-corrected chi connectivity index (χ2v) is 5.91. The van der Waals surface area contributed by atoms with Gasteiger partial charge < -0.3 is 21.1 Å². The molecule has 0 saturated carbocycles. The maximum atomic E-state index is 12.1. The quantitative estimate of drug-likeness (QED) is 0.461. The van der Waals surface area contributed by atoms with Crippen LogP contribution in [0.1, 0.15) is 28.8 Å². The van der Waals surface area contributed by atoms with E-state index >= 15 is 0 Å². The van der Waals surface area contributed by atoms with Crippen molar-refractivity contribution in [2.24, 2.45) is 0 Å². The molecule has 0 fully saturated rings. The number of halogens is 1. The number of amides is 2. The van der Waals surface area contributed by atoms with Crippen LogP contribution < -0.4 is 16.4 Å². The Balaban J connectivity index is 0.00000392. The van der Waals surface area contributed by atoms with Crippen LogP contribution in [0.3, 0.4) is 0 Å². The minimum Gasteiger partial charge on any atom is -0.469 e. The number of carbonyl (C=O) groups excluding carboxylic acids is 3. The molecule has 0 saturated heterocycles. The van der Waals surface area contributed by atoms with Gasteiger partial charge in [-0.1, -0.05) is 18.2 Å². The number of nitrogens with one attached hydrogen (secondary N) is 2. The van der Waals surface area contributed by atoms with Gasteiger partial charge in [0.2, 0.25) is 5.91 Å². The van der Waals surface area contributed by atoms with E-state index < -0.39 is 0 Å². The summed E-state index contributed by atoms with van der Waals surface area (Å²) in [5.74, 6) is -0.810. The number of hydrogen-bond acceptors (Lipinski definition) is 5. The molecule has 0 bridgehead atoms. The van der Waals surface area contributed by atoms with Crippen molar-refractivity contribution in [2.45, 2.75) is 19.3 Å². The minimum absolute atomic E-state index is 0. The van der Waals surface area contributed by atoms with Gasteiger partial charge in [0.05, 0.1) is 13.5 Å². The zero-order valence-corrected chi connectivity index (χ0v) is 16.4. The van der Waals surface area contributed by atoms with E-state index in [0.29, 0.717) is 29.8 Å². The number of rotatable bonds is 8. The molecule has 2 amide bonds. The van der Waals surface area contributed by atoms with E-state index in [-0.39, 0.29) is 43.2 Å². The number of carbonyl (C=O) groups is 3. The zero-order chi connectivity index (χ0) is 19.6. The third kappa shape index (κ3) is 7.28. The molecular weight excluding hydrogens is 382 g/mol. The second-order valence-electron chi connectivity index (χ2n) is 5.91. The number of benzene rings is 2. The molecule has 8 heteroatoms. The van der Waals surface area contributed by atoms with Crippen molar-refractivity contribution in [3.05, 3.63) is 59.7 Å². The molecule has 0 atom stereocenters. The molecule has 0 aliphatic carbocycles. The Kier molecular flexibility index (Phi) is 9.53. The van der Waals surface area contributed by atoms with Crippen LogP contribution in [0.4, 0.5) is 11.4 Å². The zero-order valence-electron chi connectivity index (χ0n) is 15.6. The molecule has 28 heavy (non-hydrogen) atoms. The van der Waals surface area contributed by atoms with Crippen molar-refractivity contribution in [3.8, 4) is 0 Å². The summed E-state index contributed by atoms with van der Waals surface area (Å²) in [4.78, 5) is 35.1. The summed E-state index contributed by atoms with van der Waals surface area (Å²) in [6, 6.07) is 14.0. The first-order valence-electron chi connectivity index (χ1n) is 8.58. The van der Waals surface area contributed by atoms with Crippen LogP contribution in [-0.2, 0) is 20.7 Å². The highest BCUT2D eigenvalue weighted by atomic mass is 35.5. The lowest BCUT2D eigenvalue weighted by molar-refractivity contribution is -0.140. The highest BCUT2D eigenvalue weighted by Gasteiger charge is 2.08. The van der Waals surface area contributed by atoms with Crippen LogP contribution in [0.5, 0.6) is 0 Å². The molecule has 0 spiro atoms. The number of nitrogen functional groups attached to an aromatic ring is 1. The fourth-order valence-electron chi connectivity index (χ4n) is 2.42. The van der Waals surface area contributed by atoms with Gasteiger partial charge in [0.15, 0.2) is 0 Å². The molecule has 0 aromatic heterocycles. The van der Waals surface area contributed by atoms with Crippen LogP contribution in [-0.4, -0.2) is 31.4 Å². The highest BCUT2D eigenvalue weighted by Crippen LogP contribution is 2.14. The van der Waals surface area contributed by atoms with Gasteiger partial charge in [-0.3, -0.25) is 14.4 Å². The van der Waals surface area contributed by atoms with E-state index in [2.05, 4.69) is 15.4 Å². The lowest BCUT2D eigenvalue weighted by Gasteiger charge is -2.08. The summed E-state index contributed by atoms with van der Waals surface area (Å²) in [6.07, 6.45) is 0.978. The minimum atomic E-state index is -0.384. The van der Waals surface area contributed by atoms with Gasteiger partial charge in [-0.25, -0.2) is 0 Å². The molecule has 4 N–H and O–H groups in total. The third-order valence-corrected chi connectivity index (χ3v) is 3.95. The van der Waals surface area contributed by atoms with Crippen molar-refractivity contribution in [2.75, 3.05) is 24.7 Å². The Morgan fingerprint density at radius 3 is 2.32 bits per heavy atom. The van der Waals surface area contributed by atoms with Crippen LogP contribution in [0.2, 0.25) is 0 Å². The summed E-state index contributed by atoms with van der Waals surface area (Å²) < 4.78 is 4.51. The van der Waals surface area contributed by atoms with Crippen molar-refractivity contribution < 1.29 is 19.1 Å². The molecule has 0 aliphatic rings. The predicted molar refractivity (Wildman–Crippen MR) is 110 cm³/mol. The highest BCUT2D eigenvalue weighted by molar-refractivity contribution is 5.96. The summed E-state index contributed by atoms with van der Waals surface area (Å²) in [5, 5.41) is 5.42. The Labute approximate surface area is 170 Å². The predicted octanol–water partition coefficient (Wildman–Crippen LogP) is 2.55. The van der Waals surface area contributed by atoms with E-state index in [0.717, 1.165) is 5.56 Å². The Bertz CT molecular complexity index is 809. The fourth-order valence-corrected chi connectivity index (χ4v) is 2.42. The first-order valence-corrected chi connectivity index (χ1v) is 8.58. The van der Waals surface area contributed by atoms with Gasteiger partial charge in [0.25, 0.3) is 5.91 Å². The van der Waals surface area contributed by atoms with Gasteiger partial charge >= 0.3 is 5.97 Å². The van der Waals surface area contributed by atoms with Gasteiger partial charge in [-0.05, 0) is 42.3 Å². The Hall–Kier alpha value is -3.06. The van der Waals surface area contributed by atoms with Crippen LogP contribution in [0.25, 0.3) is 0 Å². The van der Waals surface area contributed by atoms with Crippen LogP contribution in [0, 0.1) is 0 Å². The number of nitrogens with two attached hydrogens (primary N) is 1. The number of methoxy groups -OCH3 is 1. The number of esters is 1. The molecule has 2 aromatic carbocycles. The lowest BCUT2D eigenvalue weighted by Crippen LogP contribution is -2.26. The number of aryl methyl sites for hydroxylation is 1. The normalized spacial score (nSPS) is 9.75. The van der Waals surface area contributed by atoms with Gasteiger partial charge in [0.1, 0.15) is 0 Å². The van der Waals surface area contributed by atoms with E-state index in [1.807, 2.05) is 24.3 Å². The summed E-state index contributed by atoms with van der Waals surface area (Å²) in [5.41, 5.74) is 8.52. The van der Waals surface area contributed by atoms with E-state index in [4.69, 9.17) is 5.73 Å². The number of ether oxygens (including phenoxy) is 1. The van der Waals surface area contributed by atoms with Gasteiger partial charge in [-0.2, -0.15) is 0 Å². The topological polar surface area (TPSA) is 111 Å². The third-order valence-electron chi connectivity index (χ3n) is 3.95. The number of anilines is 2. The smallest absolute Gasteiger partial charge is 0.307 e. The first-order chi connectivity index (χ1) is 13.0. The van der Waals surface area contributed by atoms with Crippen molar-refractivity contribution in [1.82, 2.24) is 5.32 Å². The number of hydrogen-bond donors (Lipinski definition) is 3. The number of para-hydroxylation sites is 1. The molecule has 0 heterocycles. The molecule has 2 aromatic rings. The summed E-state index contributed by atoms with van der Waals surface area (Å²) in [7, 11) is 1.30. The fraction of sp³-hybridized carbons (Fsp3) is 0.250. The van der Waals surface area contributed by atoms with Crippen LogP contribution >= 0.6 is 12.4 Å².